The van der Waals surface area contributed by atoms with Gasteiger partial charge in [-0.2, -0.15) is 5.10 Å². The van der Waals surface area contributed by atoms with Crippen molar-refractivity contribution in [1.82, 2.24) is 20.0 Å². The summed E-state index contributed by atoms with van der Waals surface area (Å²) in [5.74, 6) is 1.28. The highest BCUT2D eigenvalue weighted by Crippen LogP contribution is 2.24. The van der Waals surface area contributed by atoms with Crippen LogP contribution < -0.4 is 5.32 Å². The summed E-state index contributed by atoms with van der Waals surface area (Å²) in [5, 5.41) is 7.70. The molecule has 5 nitrogen and oxygen atoms in total. The van der Waals surface area contributed by atoms with Crippen molar-refractivity contribution in [2.45, 2.75) is 45.2 Å². The predicted octanol–water partition coefficient (Wildman–Crippen LogP) is 1.51. The van der Waals surface area contributed by atoms with E-state index in [0.29, 0.717) is 17.9 Å². The van der Waals surface area contributed by atoms with Crippen LogP contribution in [0.15, 0.2) is 18.5 Å². The topological polar surface area (TPSA) is 50.2 Å². The highest BCUT2D eigenvalue weighted by Gasteiger charge is 2.30. The summed E-state index contributed by atoms with van der Waals surface area (Å²) in [6, 6.07) is 2.45. The lowest BCUT2D eigenvalue weighted by Crippen LogP contribution is -2.46. The molecular formula is C16H26N4O. The Morgan fingerprint density at radius 3 is 2.81 bits per heavy atom. The maximum absolute atomic E-state index is 12.6. The van der Waals surface area contributed by atoms with Gasteiger partial charge in [0, 0.05) is 44.0 Å². The van der Waals surface area contributed by atoms with Gasteiger partial charge in [0.05, 0.1) is 0 Å². The number of likely N-dealkylation sites (tertiary alicyclic amines) is 1. The van der Waals surface area contributed by atoms with Crippen LogP contribution in [0, 0.1) is 11.8 Å². The molecule has 2 aliphatic heterocycles. The maximum Gasteiger partial charge on any atom is 0.225 e. The number of amides is 1. The van der Waals surface area contributed by atoms with E-state index in [9.17, 15) is 4.79 Å². The molecule has 1 amide bonds. The second-order valence-corrected chi connectivity index (χ2v) is 6.57. The van der Waals surface area contributed by atoms with Crippen molar-refractivity contribution in [3.05, 3.63) is 18.5 Å². The number of hydrogen-bond acceptors (Lipinski definition) is 3. The summed E-state index contributed by atoms with van der Waals surface area (Å²) in [6.45, 7) is 5.98. The van der Waals surface area contributed by atoms with Crippen LogP contribution in [-0.2, 0) is 11.3 Å². The first-order chi connectivity index (χ1) is 10.2. The van der Waals surface area contributed by atoms with E-state index in [-0.39, 0.29) is 5.92 Å². The van der Waals surface area contributed by atoms with E-state index in [0.717, 1.165) is 51.9 Å². The molecule has 0 spiro atoms. The number of hydrogen-bond donors (Lipinski definition) is 1. The quantitative estimate of drug-likeness (QED) is 0.918. The van der Waals surface area contributed by atoms with Crippen molar-refractivity contribution < 1.29 is 4.79 Å². The van der Waals surface area contributed by atoms with Crippen molar-refractivity contribution in [2.24, 2.45) is 11.8 Å². The molecule has 0 aromatic carbocycles. The van der Waals surface area contributed by atoms with Crippen LogP contribution in [0.4, 0.5) is 0 Å². The molecule has 3 rings (SSSR count). The van der Waals surface area contributed by atoms with Crippen molar-refractivity contribution in [3.63, 3.8) is 0 Å². The average molecular weight is 290 g/mol. The Labute approximate surface area is 126 Å². The van der Waals surface area contributed by atoms with Crippen LogP contribution in [0.3, 0.4) is 0 Å². The Morgan fingerprint density at radius 1 is 1.33 bits per heavy atom. The molecule has 1 aromatic heterocycles. The standard InChI is InChI=1S/C16H26N4O/c1-13-11-15(3-7-17-13)16(21)19-9-4-14(5-10-19)12-20-8-2-6-18-20/h2,6,8,13-15,17H,3-5,7,9-12H2,1H3/t13-,15-/m0/s1. The van der Waals surface area contributed by atoms with E-state index < -0.39 is 0 Å². The highest BCUT2D eigenvalue weighted by molar-refractivity contribution is 5.79. The van der Waals surface area contributed by atoms with E-state index >= 15 is 0 Å². The zero-order valence-electron chi connectivity index (χ0n) is 12.9. The fraction of sp³-hybridized carbons (Fsp3) is 0.750. The fourth-order valence-corrected chi connectivity index (χ4v) is 3.62. The average Bonchev–Trinajstić information content (AvgIpc) is 3.00. The van der Waals surface area contributed by atoms with E-state index in [1.807, 2.05) is 23.1 Å². The Bertz CT molecular complexity index is 451. The van der Waals surface area contributed by atoms with Gasteiger partial charge >= 0.3 is 0 Å². The number of rotatable bonds is 3. The molecule has 0 aliphatic carbocycles. The minimum atomic E-state index is 0.240. The van der Waals surface area contributed by atoms with Gasteiger partial charge in [0.2, 0.25) is 5.91 Å². The summed E-state index contributed by atoms with van der Waals surface area (Å²) in [7, 11) is 0. The smallest absolute Gasteiger partial charge is 0.225 e. The van der Waals surface area contributed by atoms with Gasteiger partial charge in [-0.15, -0.1) is 0 Å². The summed E-state index contributed by atoms with van der Waals surface area (Å²) in [4.78, 5) is 14.7. The minimum absolute atomic E-state index is 0.240. The van der Waals surface area contributed by atoms with E-state index in [2.05, 4.69) is 22.2 Å². The molecular weight excluding hydrogens is 264 g/mol. The van der Waals surface area contributed by atoms with Gasteiger partial charge in [0.1, 0.15) is 0 Å². The lowest BCUT2D eigenvalue weighted by molar-refractivity contribution is -0.138. The largest absolute Gasteiger partial charge is 0.342 e. The molecule has 2 fully saturated rings. The molecule has 2 aliphatic rings. The number of aromatic nitrogens is 2. The maximum atomic E-state index is 12.6. The second kappa shape index (κ2) is 6.60. The number of nitrogens with zero attached hydrogens (tertiary/aromatic N) is 3. The molecule has 5 heteroatoms. The summed E-state index contributed by atoms with van der Waals surface area (Å²) in [6.07, 6.45) is 8.05. The Balaban J connectivity index is 1.47. The fourth-order valence-electron chi connectivity index (χ4n) is 3.62. The summed E-state index contributed by atoms with van der Waals surface area (Å²) < 4.78 is 2.01. The molecule has 3 heterocycles. The lowest BCUT2D eigenvalue weighted by Gasteiger charge is -2.36. The zero-order chi connectivity index (χ0) is 14.7. The van der Waals surface area contributed by atoms with Crippen LogP contribution in [0.1, 0.15) is 32.6 Å². The molecule has 116 valence electrons. The van der Waals surface area contributed by atoms with E-state index in [4.69, 9.17) is 0 Å². The van der Waals surface area contributed by atoms with Crippen LogP contribution in [-0.4, -0.2) is 46.3 Å². The van der Waals surface area contributed by atoms with E-state index in [1.54, 1.807) is 0 Å². The van der Waals surface area contributed by atoms with Crippen molar-refractivity contribution in [2.75, 3.05) is 19.6 Å². The summed E-state index contributed by atoms with van der Waals surface area (Å²) in [5.41, 5.74) is 0. The van der Waals surface area contributed by atoms with Gasteiger partial charge in [-0.05, 0) is 51.1 Å². The third-order valence-electron chi connectivity index (χ3n) is 4.90. The molecule has 2 atom stereocenters. The predicted molar refractivity (Wildman–Crippen MR) is 81.7 cm³/mol. The van der Waals surface area contributed by atoms with E-state index in [1.165, 1.54) is 0 Å². The molecule has 1 aromatic rings. The number of nitrogens with one attached hydrogen (secondary N) is 1. The van der Waals surface area contributed by atoms with Gasteiger partial charge in [-0.1, -0.05) is 0 Å². The number of carbonyl (C=O) groups excluding carboxylic acids is 1. The third kappa shape index (κ3) is 3.64. The second-order valence-electron chi connectivity index (χ2n) is 6.57. The molecule has 1 N–H and O–H groups in total. The lowest BCUT2D eigenvalue weighted by atomic mass is 9.90. The third-order valence-corrected chi connectivity index (χ3v) is 4.90. The van der Waals surface area contributed by atoms with Gasteiger partial charge in [-0.25, -0.2) is 0 Å². The van der Waals surface area contributed by atoms with Crippen LogP contribution in [0.5, 0.6) is 0 Å². The monoisotopic (exact) mass is 290 g/mol. The molecule has 0 saturated carbocycles. The first-order valence-corrected chi connectivity index (χ1v) is 8.22. The van der Waals surface area contributed by atoms with Crippen molar-refractivity contribution in [1.29, 1.82) is 0 Å². The van der Waals surface area contributed by atoms with Gasteiger partial charge in [0.25, 0.3) is 0 Å². The van der Waals surface area contributed by atoms with Crippen LogP contribution in [0.25, 0.3) is 0 Å². The highest BCUT2D eigenvalue weighted by atomic mass is 16.2. The normalized spacial score (nSPS) is 27.8. The Hall–Kier alpha value is -1.36. The van der Waals surface area contributed by atoms with Crippen LogP contribution >= 0.6 is 0 Å². The molecule has 21 heavy (non-hydrogen) atoms. The Morgan fingerprint density at radius 2 is 2.14 bits per heavy atom. The zero-order valence-corrected chi connectivity index (χ0v) is 12.9. The van der Waals surface area contributed by atoms with Crippen molar-refractivity contribution in [3.8, 4) is 0 Å². The molecule has 0 radical (unpaired) electrons. The SMILES string of the molecule is C[C@H]1C[C@@H](C(=O)N2CCC(Cn3cccn3)CC2)CCN1. The molecule has 0 bridgehead atoms. The summed E-state index contributed by atoms with van der Waals surface area (Å²) >= 11 is 0. The first kappa shape index (κ1) is 14.6. The Kier molecular flexibility index (Phi) is 4.58. The minimum Gasteiger partial charge on any atom is -0.342 e. The molecule has 0 unspecified atom stereocenters. The molecule has 2 saturated heterocycles. The number of carbonyl (C=O) groups is 1. The van der Waals surface area contributed by atoms with Gasteiger partial charge < -0.3 is 10.2 Å². The number of piperidine rings is 2. The van der Waals surface area contributed by atoms with Crippen LogP contribution in [0.2, 0.25) is 0 Å². The first-order valence-electron chi connectivity index (χ1n) is 8.22. The van der Waals surface area contributed by atoms with Gasteiger partial charge in [0.15, 0.2) is 0 Å². The van der Waals surface area contributed by atoms with Crippen molar-refractivity contribution >= 4 is 5.91 Å². The van der Waals surface area contributed by atoms with Gasteiger partial charge in [-0.3, -0.25) is 9.48 Å².